The third-order valence-corrected chi connectivity index (χ3v) is 6.19. The number of benzene rings is 1. The van der Waals surface area contributed by atoms with Gasteiger partial charge in [0.2, 0.25) is 15.9 Å². The van der Waals surface area contributed by atoms with Crippen LogP contribution >= 0.6 is 0 Å². The highest BCUT2D eigenvalue weighted by Crippen LogP contribution is 2.30. The van der Waals surface area contributed by atoms with Crippen LogP contribution in [0.15, 0.2) is 53.7 Å². The second kappa shape index (κ2) is 9.84. The van der Waals surface area contributed by atoms with Crippen molar-refractivity contribution in [3.8, 4) is 5.75 Å². The van der Waals surface area contributed by atoms with Crippen LogP contribution in [0, 0.1) is 0 Å². The third kappa shape index (κ3) is 5.65. The third-order valence-electron chi connectivity index (χ3n) is 4.29. The number of hydrogen-bond acceptors (Lipinski definition) is 6. The first-order valence-electron chi connectivity index (χ1n) is 9.64. The molecule has 2 aromatic rings. The summed E-state index contributed by atoms with van der Waals surface area (Å²) in [5.74, 6) is -0.0116. The van der Waals surface area contributed by atoms with E-state index < -0.39 is 15.9 Å². The number of rotatable bonds is 7. The molecule has 1 N–H and O–H groups in total. The Morgan fingerprint density at radius 3 is 2.70 bits per heavy atom. The molecule has 0 saturated carbocycles. The molecule has 1 aliphatic heterocycles. The number of nitrogens with one attached hydrogen (secondary N) is 1. The van der Waals surface area contributed by atoms with Crippen LogP contribution in [0.4, 0.5) is 5.69 Å². The van der Waals surface area contributed by atoms with Crippen LogP contribution in [0.5, 0.6) is 5.75 Å². The fourth-order valence-corrected chi connectivity index (χ4v) is 4.32. The standard InChI is InChI=1S/C21H25N3O5S/c1-16(2)29-20-7-6-18(30(26,27)24-10-12-28-13-11-24)14-19(20)23-21(25)8-5-17-4-3-9-22-15-17/h3-9,14-16H,10-13H2,1-2H3,(H,23,25). The Balaban J connectivity index is 1.85. The van der Waals surface area contributed by atoms with E-state index in [0.717, 1.165) is 5.56 Å². The lowest BCUT2D eigenvalue weighted by molar-refractivity contribution is -0.111. The van der Waals surface area contributed by atoms with Crippen molar-refractivity contribution in [1.82, 2.24) is 9.29 Å². The molecule has 8 nitrogen and oxygen atoms in total. The molecule has 30 heavy (non-hydrogen) atoms. The summed E-state index contributed by atoms with van der Waals surface area (Å²) in [5, 5.41) is 2.72. The molecule has 9 heteroatoms. The second-order valence-corrected chi connectivity index (χ2v) is 8.89. The van der Waals surface area contributed by atoms with Crippen molar-refractivity contribution < 1.29 is 22.7 Å². The van der Waals surface area contributed by atoms with Crippen molar-refractivity contribution in [1.29, 1.82) is 0 Å². The maximum atomic E-state index is 13.0. The van der Waals surface area contributed by atoms with Crippen molar-refractivity contribution in [2.75, 3.05) is 31.6 Å². The van der Waals surface area contributed by atoms with Crippen LogP contribution in [0.1, 0.15) is 19.4 Å². The molecule has 1 saturated heterocycles. The minimum atomic E-state index is -3.70. The maximum absolute atomic E-state index is 13.0. The van der Waals surface area contributed by atoms with Gasteiger partial charge in [-0.15, -0.1) is 0 Å². The summed E-state index contributed by atoms with van der Waals surface area (Å²) in [4.78, 5) is 16.5. The quantitative estimate of drug-likeness (QED) is 0.677. The molecule has 2 heterocycles. The molecule has 0 spiro atoms. The molecule has 1 aromatic carbocycles. The Morgan fingerprint density at radius 2 is 2.03 bits per heavy atom. The van der Waals surface area contributed by atoms with E-state index in [4.69, 9.17) is 9.47 Å². The Hall–Kier alpha value is -2.75. The van der Waals surface area contributed by atoms with Crippen LogP contribution in [0.25, 0.3) is 6.08 Å². The highest BCUT2D eigenvalue weighted by molar-refractivity contribution is 7.89. The Kier molecular flexibility index (Phi) is 7.20. The molecule has 0 aliphatic carbocycles. The van der Waals surface area contributed by atoms with E-state index in [-0.39, 0.29) is 11.0 Å². The van der Waals surface area contributed by atoms with Gasteiger partial charge in [0.15, 0.2) is 0 Å². The summed E-state index contributed by atoms with van der Waals surface area (Å²) in [6.45, 7) is 5.01. The van der Waals surface area contributed by atoms with Gasteiger partial charge in [0, 0.05) is 31.6 Å². The van der Waals surface area contributed by atoms with E-state index in [9.17, 15) is 13.2 Å². The maximum Gasteiger partial charge on any atom is 0.248 e. The van der Waals surface area contributed by atoms with E-state index in [1.54, 1.807) is 30.6 Å². The average Bonchev–Trinajstić information content (AvgIpc) is 2.74. The van der Waals surface area contributed by atoms with Crippen LogP contribution in [-0.4, -0.2) is 56.0 Å². The van der Waals surface area contributed by atoms with Gasteiger partial charge in [-0.2, -0.15) is 4.31 Å². The highest BCUT2D eigenvalue weighted by Gasteiger charge is 2.27. The van der Waals surface area contributed by atoms with Gasteiger partial charge in [-0.25, -0.2) is 8.42 Å². The van der Waals surface area contributed by atoms with Gasteiger partial charge in [0.25, 0.3) is 0 Å². The van der Waals surface area contributed by atoms with Gasteiger partial charge < -0.3 is 14.8 Å². The van der Waals surface area contributed by atoms with Gasteiger partial charge in [0.05, 0.1) is 29.9 Å². The molecule has 1 aliphatic rings. The van der Waals surface area contributed by atoms with Gasteiger partial charge in [0.1, 0.15) is 5.75 Å². The SMILES string of the molecule is CC(C)Oc1ccc(S(=O)(=O)N2CCOCC2)cc1NC(=O)C=Cc1cccnc1. The molecule has 0 atom stereocenters. The van der Waals surface area contributed by atoms with Gasteiger partial charge >= 0.3 is 0 Å². The number of carbonyl (C=O) groups excluding carboxylic acids is 1. The van der Waals surface area contributed by atoms with Gasteiger partial charge in [-0.1, -0.05) is 6.07 Å². The summed E-state index contributed by atoms with van der Waals surface area (Å²) < 4.78 is 38.3. The number of amides is 1. The smallest absolute Gasteiger partial charge is 0.248 e. The fraction of sp³-hybridized carbons (Fsp3) is 0.333. The zero-order valence-electron chi connectivity index (χ0n) is 16.9. The van der Waals surface area contributed by atoms with E-state index in [2.05, 4.69) is 10.3 Å². The Labute approximate surface area is 176 Å². The first kappa shape index (κ1) is 21.9. The van der Waals surface area contributed by atoms with Crippen LogP contribution in [0.3, 0.4) is 0 Å². The zero-order valence-corrected chi connectivity index (χ0v) is 17.8. The molecule has 1 fully saturated rings. The number of sulfonamides is 1. The van der Waals surface area contributed by atoms with Crippen LogP contribution < -0.4 is 10.1 Å². The molecule has 0 unspecified atom stereocenters. The minimum absolute atomic E-state index is 0.0899. The van der Waals surface area contributed by atoms with E-state index in [0.29, 0.717) is 37.7 Å². The van der Waals surface area contributed by atoms with E-state index >= 15 is 0 Å². The van der Waals surface area contributed by atoms with Gasteiger partial charge in [-0.05, 0) is 49.8 Å². The molecule has 0 radical (unpaired) electrons. The van der Waals surface area contributed by atoms with Crippen molar-refractivity contribution in [2.45, 2.75) is 24.8 Å². The average molecular weight is 432 g/mol. The summed E-state index contributed by atoms with van der Waals surface area (Å²) in [6.07, 6.45) is 6.12. The lowest BCUT2D eigenvalue weighted by Gasteiger charge is -2.26. The largest absolute Gasteiger partial charge is 0.489 e. The molecular formula is C21H25N3O5S. The lowest BCUT2D eigenvalue weighted by Crippen LogP contribution is -2.40. The summed E-state index contributed by atoms with van der Waals surface area (Å²) in [6, 6.07) is 8.07. The topological polar surface area (TPSA) is 97.8 Å². The molecular weight excluding hydrogens is 406 g/mol. The van der Waals surface area contributed by atoms with Crippen LogP contribution in [-0.2, 0) is 19.6 Å². The first-order chi connectivity index (χ1) is 14.4. The van der Waals surface area contributed by atoms with E-state index in [1.807, 2.05) is 19.9 Å². The molecule has 3 rings (SSSR count). The number of nitrogens with zero attached hydrogens (tertiary/aromatic N) is 2. The predicted octanol–water partition coefficient (Wildman–Crippen LogP) is 2.54. The summed E-state index contributed by atoms with van der Waals surface area (Å²) in [5.41, 5.74) is 1.06. The van der Waals surface area contributed by atoms with Crippen molar-refractivity contribution in [3.63, 3.8) is 0 Å². The Bertz CT molecular complexity index is 1000. The normalized spacial score (nSPS) is 15.4. The number of anilines is 1. The zero-order chi connectivity index (χ0) is 21.6. The number of carbonyl (C=O) groups is 1. The summed E-state index contributed by atoms with van der Waals surface area (Å²) in [7, 11) is -3.70. The lowest BCUT2D eigenvalue weighted by atomic mass is 10.2. The predicted molar refractivity (Wildman–Crippen MR) is 114 cm³/mol. The second-order valence-electron chi connectivity index (χ2n) is 6.95. The number of hydrogen-bond donors (Lipinski definition) is 1. The molecule has 160 valence electrons. The van der Waals surface area contributed by atoms with Crippen molar-refractivity contribution in [2.24, 2.45) is 0 Å². The summed E-state index contributed by atoms with van der Waals surface area (Å²) >= 11 is 0. The van der Waals surface area contributed by atoms with Gasteiger partial charge in [-0.3, -0.25) is 9.78 Å². The minimum Gasteiger partial charge on any atom is -0.489 e. The van der Waals surface area contributed by atoms with Crippen molar-refractivity contribution >= 4 is 27.7 Å². The Morgan fingerprint density at radius 1 is 1.27 bits per heavy atom. The first-order valence-corrected chi connectivity index (χ1v) is 11.1. The number of pyridine rings is 1. The van der Waals surface area contributed by atoms with Crippen LogP contribution in [0.2, 0.25) is 0 Å². The number of aromatic nitrogens is 1. The highest BCUT2D eigenvalue weighted by atomic mass is 32.2. The van der Waals surface area contributed by atoms with Crippen molar-refractivity contribution in [3.05, 3.63) is 54.4 Å². The fourth-order valence-electron chi connectivity index (χ4n) is 2.88. The number of ether oxygens (including phenoxy) is 2. The number of morpholine rings is 1. The molecule has 1 amide bonds. The molecule has 1 aromatic heterocycles. The monoisotopic (exact) mass is 431 g/mol. The van der Waals surface area contributed by atoms with E-state index in [1.165, 1.54) is 22.5 Å². The molecule has 0 bridgehead atoms.